The molecular weight excluding hydrogens is 594 g/mol. The van der Waals surface area contributed by atoms with E-state index in [1.54, 1.807) is 0 Å². The third kappa shape index (κ3) is 51.2. The van der Waals surface area contributed by atoms with Gasteiger partial charge in [-0.3, -0.25) is 0 Å². The monoisotopic (exact) mass is 649 g/mol. The first kappa shape index (κ1) is 37.7. The van der Waals surface area contributed by atoms with Crippen molar-refractivity contribution in [2.45, 2.75) is 118 Å². The van der Waals surface area contributed by atoms with Gasteiger partial charge in [-0.25, -0.2) is 0 Å². The Bertz CT molecular complexity index is 297. The van der Waals surface area contributed by atoms with Crippen LogP contribution in [-0.4, -0.2) is 49.4 Å². The molecule has 0 bridgehead atoms. The van der Waals surface area contributed by atoms with Gasteiger partial charge in [-0.15, -0.1) is 0 Å². The van der Waals surface area contributed by atoms with Crippen LogP contribution in [0.2, 0.25) is 118 Å². The molecule has 180 valence electrons. The van der Waals surface area contributed by atoms with Crippen molar-refractivity contribution in [2.75, 3.05) is 0 Å². The van der Waals surface area contributed by atoms with E-state index in [0.29, 0.717) is 0 Å². The van der Waals surface area contributed by atoms with Gasteiger partial charge in [-0.2, -0.15) is 0 Å². The van der Waals surface area contributed by atoms with Crippen LogP contribution in [0, 0.1) is 37.3 Å². The molecule has 0 fully saturated rings. The number of nitrogens with one attached hydrogen (secondary N) is 3. The first-order chi connectivity index (χ1) is 11.1. The van der Waals surface area contributed by atoms with Crippen LogP contribution in [-0.2, 0) is 0 Å². The Morgan fingerprint density at radius 3 is 0.321 bits per heavy atom. The van der Waals surface area contributed by atoms with Gasteiger partial charge in [0.25, 0.3) is 0 Å². The normalized spacial score (nSPS) is 13.5. The largest absolute Gasteiger partial charge is 0.360 e. The molecule has 3 nitrogen and oxygen atoms in total. The van der Waals surface area contributed by atoms with Crippen molar-refractivity contribution in [3.05, 3.63) is 0 Å². The average molecular weight is 651 g/mol. The smallest absolute Gasteiger partial charge is 0.109 e. The maximum atomic E-state index is 3.74. The molecular formula is C18H57ErN3Si6. The van der Waals surface area contributed by atoms with E-state index in [1.165, 1.54) is 0 Å². The second-order valence-electron chi connectivity index (χ2n) is 13.9. The van der Waals surface area contributed by atoms with E-state index >= 15 is 0 Å². The SMILES string of the molecule is C[Si](C)(C)N[Si](C)(C)C.C[Si](C)(C)N[Si](C)(C)C.C[Si](C)(C)N[Si](C)(C)C.[Er]. The summed E-state index contributed by atoms with van der Waals surface area (Å²) in [5.74, 6) is 0. The minimum Gasteiger partial charge on any atom is -0.360 e. The molecule has 0 aliphatic carbocycles. The van der Waals surface area contributed by atoms with Gasteiger partial charge in [0, 0.05) is 37.3 Å². The van der Waals surface area contributed by atoms with Crippen LogP contribution in [0.4, 0.5) is 0 Å². The average Bonchev–Trinajstić information content (AvgIpc) is 1.96. The van der Waals surface area contributed by atoms with Gasteiger partial charge >= 0.3 is 0 Å². The summed E-state index contributed by atoms with van der Waals surface area (Å²) in [6.45, 7) is 42.3. The standard InChI is InChI=1S/3C6H19NSi2.Er/c3*1-8(2,3)7-9(4,5)6;/h3*7H,1-6H3;. The molecule has 0 radical (unpaired) electrons. The molecule has 0 spiro atoms. The minimum absolute atomic E-state index is 0. The van der Waals surface area contributed by atoms with E-state index in [-0.39, 0.29) is 37.3 Å². The summed E-state index contributed by atoms with van der Waals surface area (Å²) in [4.78, 5) is 0. The van der Waals surface area contributed by atoms with Crippen LogP contribution >= 0.6 is 0 Å². The Morgan fingerprint density at radius 1 is 0.250 bits per heavy atom. The Hall–Kier alpha value is 2.43. The zero-order valence-electron chi connectivity index (χ0n) is 22.8. The van der Waals surface area contributed by atoms with Crippen molar-refractivity contribution in [3.8, 4) is 0 Å². The second-order valence-corrected chi connectivity index (χ2v) is 43.9. The van der Waals surface area contributed by atoms with E-state index < -0.39 is 49.4 Å². The Morgan fingerprint density at radius 2 is 0.321 bits per heavy atom. The van der Waals surface area contributed by atoms with Crippen molar-refractivity contribution in [3.63, 3.8) is 0 Å². The molecule has 3 N–H and O–H groups in total. The minimum atomic E-state index is -0.981. The predicted octanol–water partition coefficient (Wildman–Crippen LogP) is 6.74. The Kier molecular flexibility index (Phi) is 18.7. The fourth-order valence-electron chi connectivity index (χ4n) is 3.38. The van der Waals surface area contributed by atoms with E-state index in [0.717, 1.165) is 0 Å². The van der Waals surface area contributed by atoms with Crippen molar-refractivity contribution in [1.82, 2.24) is 13.9 Å². The topological polar surface area (TPSA) is 36.1 Å². The fraction of sp³-hybridized carbons (Fsp3) is 1.00. The molecule has 0 unspecified atom stereocenters. The molecule has 0 aromatic rings. The fourth-order valence-corrected chi connectivity index (χ4v) is 30.4. The van der Waals surface area contributed by atoms with Gasteiger partial charge in [0.15, 0.2) is 0 Å². The van der Waals surface area contributed by atoms with E-state index in [4.69, 9.17) is 0 Å². The molecule has 0 atom stereocenters. The molecule has 28 heavy (non-hydrogen) atoms. The van der Waals surface area contributed by atoms with Gasteiger partial charge in [0.2, 0.25) is 0 Å². The quantitative estimate of drug-likeness (QED) is 0.279. The summed E-state index contributed by atoms with van der Waals surface area (Å²) in [6.07, 6.45) is 0. The van der Waals surface area contributed by atoms with Crippen molar-refractivity contribution in [1.29, 1.82) is 0 Å². The summed E-state index contributed by atoms with van der Waals surface area (Å²) in [7, 11) is -5.89. The molecule has 10 heteroatoms. The summed E-state index contributed by atoms with van der Waals surface area (Å²) in [6, 6.07) is 0. The molecule has 0 saturated heterocycles. The molecule has 0 saturated carbocycles. The summed E-state index contributed by atoms with van der Waals surface area (Å²) in [5, 5.41) is 0. The van der Waals surface area contributed by atoms with Crippen LogP contribution in [0.15, 0.2) is 0 Å². The third-order valence-electron chi connectivity index (χ3n) is 2.25. The van der Waals surface area contributed by atoms with Crippen molar-refractivity contribution in [2.24, 2.45) is 0 Å². The van der Waals surface area contributed by atoms with Gasteiger partial charge in [-0.1, -0.05) is 118 Å². The molecule has 0 aliphatic rings. The van der Waals surface area contributed by atoms with Gasteiger partial charge < -0.3 is 13.9 Å². The van der Waals surface area contributed by atoms with Crippen molar-refractivity contribution < 1.29 is 37.3 Å². The molecule has 0 amide bonds. The predicted molar refractivity (Wildman–Crippen MR) is 149 cm³/mol. The van der Waals surface area contributed by atoms with Gasteiger partial charge in [-0.05, 0) is 0 Å². The van der Waals surface area contributed by atoms with E-state index in [1.807, 2.05) is 0 Å². The van der Waals surface area contributed by atoms with Crippen LogP contribution in [0.1, 0.15) is 0 Å². The number of rotatable bonds is 6. The summed E-state index contributed by atoms with van der Waals surface area (Å²) >= 11 is 0. The summed E-state index contributed by atoms with van der Waals surface area (Å²) in [5.41, 5.74) is 0. The number of hydrogen-bond acceptors (Lipinski definition) is 3. The van der Waals surface area contributed by atoms with Crippen LogP contribution in [0.5, 0.6) is 0 Å². The Labute approximate surface area is 216 Å². The zero-order chi connectivity index (χ0) is 23.1. The van der Waals surface area contributed by atoms with E-state index in [9.17, 15) is 0 Å². The molecule has 0 rings (SSSR count). The van der Waals surface area contributed by atoms with Crippen molar-refractivity contribution >= 4 is 49.4 Å². The first-order valence-electron chi connectivity index (χ1n) is 10.5. The Balaban J connectivity index is -0.000000152. The number of hydrogen-bond donors (Lipinski definition) is 3. The summed E-state index contributed by atoms with van der Waals surface area (Å²) < 4.78 is 11.2. The maximum absolute atomic E-state index is 3.74. The molecule has 0 aliphatic heterocycles. The van der Waals surface area contributed by atoms with Gasteiger partial charge in [0.1, 0.15) is 49.4 Å². The van der Waals surface area contributed by atoms with Crippen LogP contribution in [0.25, 0.3) is 0 Å². The zero-order valence-corrected chi connectivity index (χ0v) is 30.6. The van der Waals surface area contributed by atoms with Crippen LogP contribution in [0.3, 0.4) is 0 Å². The molecule has 0 aromatic heterocycles. The second kappa shape index (κ2) is 13.9. The van der Waals surface area contributed by atoms with Gasteiger partial charge in [0.05, 0.1) is 0 Å². The maximum Gasteiger partial charge on any atom is 0.109 e. The first-order valence-corrected chi connectivity index (χ1v) is 31.5. The van der Waals surface area contributed by atoms with Crippen LogP contribution < -0.4 is 13.9 Å². The molecule has 0 heterocycles. The third-order valence-corrected chi connectivity index (χ3v) is 20.2. The van der Waals surface area contributed by atoms with E-state index in [2.05, 4.69) is 132 Å². The molecule has 0 aromatic carbocycles.